The quantitative estimate of drug-likeness (QED) is 0.915. The van der Waals surface area contributed by atoms with Gasteiger partial charge in [0.05, 0.1) is 6.42 Å². The van der Waals surface area contributed by atoms with Crippen LogP contribution in [-0.4, -0.2) is 22.5 Å². The first-order chi connectivity index (χ1) is 11.2. The van der Waals surface area contributed by atoms with Crippen LogP contribution >= 0.6 is 11.3 Å². The molecule has 5 nitrogen and oxygen atoms in total. The summed E-state index contributed by atoms with van der Waals surface area (Å²) in [5.74, 6) is 0.737. The van der Waals surface area contributed by atoms with Gasteiger partial charge < -0.3 is 10.1 Å². The molecule has 0 saturated carbocycles. The number of carbonyl (C=O) groups excluding carboxylic acids is 1. The van der Waals surface area contributed by atoms with E-state index in [-0.39, 0.29) is 11.5 Å². The van der Waals surface area contributed by atoms with Crippen molar-refractivity contribution in [3.8, 4) is 0 Å². The molecule has 122 valence electrons. The number of nitrogens with one attached hydrogen (secondary N) is 1. The highest BCUT2D eigenvalue weighted by molar-refractivity contribution is 7.07. The van der Waals surface area contributed by atoms with Gasteiger partial charge in [-0.1, -0.05) is 0 Å². The van der Waals surface area contributed by atoms with Gasteiger partial charge in [-0.05, 0) is 48.6 Å². The van der Waals surface area contributed by atoms with Gasteiger partial charge in [-0.2, -0.15) is 11.3 Å². The van der Waals surface area contributed by atoms with Crippen molar-refractivity contribution in [1.82, 2.24) is 15.3 Å². The molecule has 2 aromatic rings. The van der Waals surface area contributed by atoms with Gasteiger partial charge in [0.15, 0.2) is 5.82 Å². The highest BCUT2D eigenvalue weighted by atomic mass is 32.1. The second-order valence-corrected chi connectivity index (χ2v) is 6.82. The predicted octanol–water partition coefficient (Wildman–Crippen LogP) is 2.81. The molecule has 1 amide bonds. The summed E-state index contributed by atoms with van der Waals surface area (Å²) in [5.41, 5.74) is 1.56. The number of hydrogen-bond donors (Lipinski definition) is 1. The van der Waals surface area contributed by atoms with E-state index in [2.05, 4.69) is 15.3 Å². The Bertz CT molecular complexity index is 634. The van der Waals surface area contributed by atoms with Crippen LogP contribution in [0.2, 0.25) is 0 Å². The minimum atomic E-state index is -0.376. The van der Waals surface area contributed by atoms with Crippen LogP contribution in [-0.2, 0) is 28.1 Å². The monoisotopic (exact) mass is 331 g/mol. The van der Waals surface area contributed by atoms with Crippen LogP contribution in [0.1, 0.15) is 43.1 Å². The molecule has 0 radical (unpaired) electrons. The minimum Gasteiger partial charge on any atom is -0.367 e. The summed E-state index contributed by atoms with van der Waals surface area (Å²) in [6.07, 6.45) is 7.15. The molecule has 0 aliphatic carbocycles. The standard InChI is InChI=1S/C17H21N3O2S/c1-17(5-2-3-6-22-17)16-19-10-14(11-20-16)9-18-15(21)8-13-4-7-23-12-13/h4,7,10-12H,2-3,5-6,8-9H2,1H3,(H,18,21)/t17-/m1/s1. The van der Waals surface area contributed by atoms with Gasteiger partial charge in [0, 0.05) is 31.1 Å². The lowest BCUT2D eigenvalue weighted by Crippen LogP contribution is -2.32. The largest absolute Gasteiger partial charge is 0.367 e. The Morgan fingerprint density at radius 3 is 2.83 bits per heavy atom. The highest BCUT2D eigenvalue weighted by Gasteiger charge is 2.32. The van der Waals surface area contributed by atoms with Crippen molar-refractivity contribution in [1.29, 1.82) is 0 Å². The zero-order chi connectivity index (χ0) is 16.1. The van der Waals surface area contributed by atoms with Gasteiger partial charge in [-0.3, -0.25) is 4.79 Å². The molecule has 1 saturated heterocycles. The fourth-order valence-electron chi connectivity index (χ4n) is 2.67. The second-order valence-electron chi connectivity index (χ2n) is 6.04. The van der Waals surface area contributed by atoms with Gasteiger partial charge >= 0.3 is 0 Å². The van der Waals surface area contributed by atoms with E-state index in [0.29, 0.717) is 13.0 Å². The van der Waals surface area contributed by atoms with E-state index >= 15 is 0 Å². The number of nitrogens with zero attached hydrogens (tertiary/aromatic N) is 2. The lowest BCUT2D eigenvalue weighted by molar-refractivity contribution is -0.120. The topological polar surface area (TPSA) is 64.1 Å². The molecule has 2 aromatic heterocycles. The number of aromatic nitrogens is 2. The van der Waals surface area contributed by atoms with Crippen molar-refractivity contribution in [3.05, 3.63) is 46.2 Å². The Balaban J connectivity index is 1.54. The molecular formula is C17H21N3O2S. The van der Waals surface area contributed by atoms with Crippen LogP contribution in [0, 0.1) is 0 Å². The molecule has 3 rings (SSSR count). The lowest BCUT2D eigenvalue weighted by atomic mass is 9.95. The summed E-state index contributed by atoms with van der Waals surface area (Å²) in [5, 5.41) is 6.86. The molecular weight excluding hydrogens is 310 g/mol. The summed E-state index contributed by atoms with van der Waals surface area (Å²) in [4.78, 5) is 20.8. The summed E-state index contributed by atoms with van der Waals surface area (Å²) in [6.45, 7) is 3.25. The molecule has 1 aliphatic heterocycles. The fourth-order valence-corrected chi connectivity index (χ4v) is 3.34. The van der Waals surface area contributed by atoms with Crippen molar-refractivity contribution >= 4 is 17.2 Å². The molecule has 1 atom stereocenters. The minimum absolute atomic E-state index is 0.00931. The van der Waals surface area contributed by atoms with Crippen molar-refractivity contribution in [3.63, 3.8) is 0 Å². The smallest absolute Gasteiger partial charge is 0.224 e. The average molecular weight is 331 g/mol. The Morgan fingerprint density at radius 1 is 1.35 bits per heavy atom. The molecule has 23 heavy (non-hydrogen) atoms. The first-order valence-electron chi connectivity index (χ1n) is 7.89. The summed E-state index contributed by atoms with van der Waals surface area (Å²) in [6, 6.07) is 1.97. The van der Waals surface area contributed by atoms with Gasteiger partial charge in [-0.15, -0.1) is 0 Å². The first kappa shape index (κ1) is 16.1. The van der Waals surface area contributed by atoms with Gasteiger partial charge in [0.1, 0.15) is 5.60 Å². The third-order valence-electron chi connectivity index (χ3n) is 4.08. The highest BCUT2D eigenvalue weighted by Crippen LogP contribution is 2.32. The number of ether oxygens (including phenoxy) is 1. The van der Waals surface area contributed by atoms with E-state index < -0.39 is 0 Å². The van der Waals surface area contributed by atoms with Crippen LogP contribution in [0.15, 0.2) is 29.2 Å². The first-order valence-corrected chi connectivity index (χ1v) is 8.83. The molecule has 0 bridgehead atoms. The summed E-state index contributed by atoms with van der Waals surface area (Å²) >= 11 is 1.60. The average Bonchev–Trinajstić information content (AvgIpc) is 3.07. The van der Waals surface area contributed by atoms with Crippen LogP contribution in [0.3, 0.4) is 0 Å². The fraction of sp³-hybridized carbons (Fsp3) is 0.471. The van der Waals surface area contributed by atoms with Gasteiger partial charge in [-0.25, -0.2) is 9.97 Å². The molecule has 0 unspecified atom stereocenters. The molecule has 1 N–H and O–H groups in total. The molecule has 6 heteroatoms. The maximum absolute atomic E-state index is 11.9. The molecule has 0 spiro atoms. The van der Waals surface area contributed by atoms with Crippen LogP contribution in [0.25, 0.3) is 0 Å². The van der Waals surface area contributed by atoms with E-state index in [9.17, 15) is 4.79 Å². The predicted molar refractivity (Wildman–Crippen MR) is 89.1 cm³/mol. The maximum Gasteiger partial charge on any atom is 0.224 e. The Kier molecular flexibility index (Phi) is 5.03. The van der Waals surface area contributed by atoms with E-state index in [0.717, 1.165) is 42.8 Å². The lowest BCUT2D eigenvalue weighted by Gasteiger charge is -2.32. The number of thiophene rings is 1. The van der Waals surface area contributed by atoms with E-state index in [1.165, 1.54) is 0 Å². The zero-order valence-corrected chi connectivity index (χ0v) is 14.1. The van der Waals surface area contributed by atoms with Crippen molar-refractivity contribution < 1.29 is 9.53 Å². The molecule has 3 heterocycles. The Labute approximate surface area is 140 Å². The number of hydrogen-bond acceptors (Lipinski definition) is 5. The molecule has 0 aromatic carbocycles. The third-order valence-corrected chi connectivity index (χ3v) is 4.81. The normalized spacial score (nSPS) is 21.1. The zero-order valence-electron chi connectivity index (χ0n) is 13.2. The number of carbonyl (C=O) groups is 1. The van der Waals surface area contributed by atoms with Crippen LogP contribution < -0.4 is 5.32 Å². The van der Waals surface area contributed by atoms with Crippen LogP contribution in [0.5, 0.6) is 0 Å². The van der Waals surface area contributed by atoms with E-state index in [1.54, 1.807) is 23.7 Å². The van der Waals surface area contributed by atoms with Gasteiger partial charge in [0.2, 0.25) is 5.91 Å². The number of rotatable bonds is 5. The second kappa shape index (κ2) is 7.19. The summed E-state index contributed by atoms with van der Waals surface area (Å²) in [7, 11) is 0. The summed E-state index contributed by atoms with van der Waals surface area (Å²) < 4.78 is 5.85. The number of amides is 1. The van der Waals surface area contributed by atoms with Crippen molar-refractivity contribution in [2.45, 2.75) is 44.8 Å². The third kappa shape index (κ3) is 4.14. The van der Waals surface area contributed by atoms with Crippen molar-refractivity contribution in [2.75, 3.05) is 6.61 Å². The Hall–Kier alpha value is -1.79. The SMILES string of the molecule is C[C@]1(c2ncc(CNC(=O)Cc3ccsc3)cn2)CCCCO1. The Morgan fingerprint density at radius 2 is 2.17 bits per heavy atom. The van der Waals surface area contributed by atoms with E-state index in [1.807, 2.05) is 23.8 Å². The van der Waals surface area contributed by atoms with Crippen LogP contribution in [0.4, 0.5) is 0 Å². The van der Waals surface area contributed by atoms with Gasteiger partial charge in [0.25, 0.3) is 0 Å². The molecule has 1 fully saturated rings. The maximum atomic E-state index is 11.9. The molecule has 1 aliphatic rings. The van der Waals surface area contributed by atoms with E-state index in [4.69, 9.17) is 4.74 Å². The van der Waals surface area contributed by atoms with Crippen molar-refractivity contribution in [2.24, 2.45) is 0 Å².